The average Bonchev–Trinajstić information content (AvgIpc) is 2.82. The molecular weight excluding hydrogens is 254 g/mol. The van der Waals surface area contributed by atoms with Gasteiger partial charge in [0.25, 0.3) is 0 Å². The molecule has 0 unspecified atom stereocenters. The van der Waals surface area contributed by atoms with E-state index in [4.69, 9.17) is 9.57 Å². The molecule has 1 aliphatic heterocycles. The van der Waals surface area contributed by atoms with E-state index in [1.807, 2.05) is 20.8 Å². The molecule has 4 nitrogen and oxygen atoms in total. The minimum Gasteiger partial charge on any atom is -0.442 e. The molecule has 114 valence electrons. The van der Waals surface area contributed by atoms with E-state index < -0.39 is 11.7 Å². The fourth-order valence-corrected chi connectivity index (χ4v) is 3.06. The highest BCUT2D eigenvalue weighted by Crippen LogP contribution is 2.35. The summed E-state index contributed by atoms with van der Waals surface area (Å²) < 4.78 is 5.40. The summed E-state index contributed by atoms with van der Waals surface area (Å²) in [6.45, 7) is 9.41. The van der Waals surface area contributed by atoms with Gasteiger partial charge < -0.3 is 4.74 Å². The lowest BCUT2D eigenvalue weighted by atomic mass is 9.83. The van der Waals surface area contributed by atoms with E-state index in [0.717, 1.165) is 6.42 Å². The Morgan fingerprint density at radius 1 is 1.30 bits per heavy atom. The van der Waals surface area contributed by atoms with Crippen molar-refractivity contribution in [1.29, 1.82) is 0 Å². The molecule has 1 saturated carbocycles. The van der Waals surface area contributed by atoms with Gasteiger partial charge in [-0.1, -0.05) is 25.3 Å². The van der Waals surface area contributed by atoms with Crippen LogP contribution in [0.3, 0.4) is 0 Å². The molecule has 2 rings (SSSR count). The largest absolute Gasteiger partial charge is 0.442 e. The molecule has 20 heavy (non-hydrogen) atoms. The average molecular weight is 281 g/mol. The Morgan fingerprint density at radius 3 is 2.50 bits per heavy atom. The van der Waals surface area contributed by atoms with Crippen LogP contribution in [0.25, 0.3) is 0 Å². The van der Waals surface area contributed by atoms with Crippen LogP contribution in [0.4, 0.5) is 4.79 Å². The van der Waals surface area contributed by atoms with Gasteiger partial charge in [0.2, 0.25) is 0 Å². The van der Waals surface area contributed by atoms with Gasteiger partial charge in [-0.25, -0.2) is 4.79 Å². The topological polar surface area (TPSA) is 38.8 Å². The maximum atomic E-state index is 12.2. The fourth-order valence-electron chi connectivity index (χ4n) is 3.06. The van der Waals surface area contributed by atoms with Crippen molar-refractivity contribution in [3.8, 4) is 0 Å². The lowest BCUT2D eigenvalue weighted by molar-refractivity contribution is -0.158. The van der Waals surface area contributed by atoms with E-state index in [1.165, 1.54) is 37.2 Å². The van der Waals surface area contributed by atoms with Gasteiger partial charge in [0.1, 0.15) is 5.60 Å². The number of amides is 1. The molecule has 0 N–H and O–H groups in total. The second-order valence-corrected chi connectivity index (χ2v) is 6.89. The van der Waals surface area contributed by atoms with Crippen molar-refractivity contribution in [1.82, 2.24) is 5.06 Å². The summed E-state index contributed by atoms with van der Waals surface area (Å²) in [7, 11) is 0. The number of ether oxygens (including phenoxy) is 1. The van der Waals surface area contributed by atoms with Crippen LogP contribution in [0.5, 0.6) is 0 Å². The van der Waals surface area contributed by atoms with Crippen LogP contribution in [-0.2, 0) is 9.57 Å². The second-order valence-electron chi connectivity index (χ2n) is 6.89. The fraction of sp³-hybridized carbons (Fsp3) is 0.812. The van der Waals surface area contributed by atoms with Crippen LogP contribution >= 0.6 is 0 Å². The highest BCUT2D eigenvalue weighted by molar-refractivity contribution is 5.67. The van der Waals surface area contributed by atoms with Crippen molar-refractivity contribution in [2.75, 3.05) is 0 Å². The molecule has 0 aromatic carbocycles. The van der Waals surface area contributed by atoms with Crippen molar-refractivity contribution in [2.24, 2.45) is 5.92 Å². The summed E-state index contributed by atoms with van der Waals surface area (Å²) >= 11 is 0. The Labute approximate surface area is 122 Å². The molecule has 0 aromatic heterocycles. The zero-order chi connectivity index (χ0) is 14.8. The van der Waals surface area contributed by atoms with Gasteiger partial charge in [0.15, 0.2) is 0 Å². The van der Waals surface area contributed by atoms with E-state index in [9.17, 15) is 4.79 Å². The zero-order valence-corrected chi connectivity index (χ0v) is 12.9. The van der Waals surface area contributed by atoms with E-state index >= 15 is 0 Å². The molecule has 1 heterocycles. The summed E-state index contributed by atoms with van der Waals surface area (Å²) in [6.07, 6.45) is 8.63. The summed E-state index contributed by atoms with van der Waals surface area (Å²) in [4.78, 5) is 18.1. The van der Waals surface area contributed by atoms with E-state index in [0.29, 0.717) is 5.92 Å². The predicted molar refractivity (Wildman–Crippen MR) is 78.1 cm³/mol. The molecule has 1 saturated heterocycles. The third kappa shape index (κ3) is 3.75. The van der Waals surface area contributed by atoms with Gasteiger partial charge in [-0.2, -0.15) is 5.06 Å². The Kier molecular flexibility index (Phi) is 4.74. The number of nitrogens with zero attached hydrogens (tertiary/aromatic N) is 1. The number of carbonyl (C=O) groups excluding carboxylic acids is 1. The molecule has 2 fully saturated rings. The Hall–Kier alpha value is -1.03. The van der Waals surface area contributed by atoms with E-state index in [-0.39, 0.29) is 12.1 Å². The highest BCUT2D eigenvalue weighted by Gasteiger charge is 2.41. The highest BCUT2D eigenvalue weighted by atomic mass is 16.7. The predicted octanol–water partition coefficient (Wildman–Crippen LogP) is 4.06. The van der Waals surface area contributed by atoms with Crippen LogP contribution in [0.2, 0.25) is 0 Å². The van der Waals surface area contributed by atoms with Gasteiger partial charge in [-0.05, 0) is 39.5 Å². The summed E-state index contributed by atoms with van der Waals surface area (Å²) in [5.74, 6) is 0.568. The van der Waals surface area contributed by atoms with Crippen molar-refractivity contribution in [2.45, 2.75) is 77.0 Å². The lowest BCUT2D eigenvalue weighted by Crippen LogP contribution is -2.38. The molecule has 2 atom stereocenters. The van der Waals surface area contributed by atoms with Crippen LogP contribution in [-0.4, -0.2) is 28.9 Å². The van der Waals surface area contributed by atoms with Gasteiger partial charge in [-0.15, -0.1) is 6.58 Å². The maximum absolute atomic E-state index is 12.2. The van der Waals surface area contributed by atoms with Gasteiger partial charge in [0.05, 0.1) is 12.1 Å². The van der Waals surface area contributed by atoms with Crippen LogP contribution < -0.4 is 0 Å². The minimum absolute atomic E-state index is 0.0724. The molecule has 4 heteroatoms. The number of carbonyl (C=O) groups is 1. The molecule has 0 bridgehead atoms. The van der Waals surface area contributed by atoms with Crippen molar-refractivity contribution < 1.29 is 14.4 Å². The third-order valence-electron chi connectivity index (χ3n) is 4.05. The first-order valence-corrected chi connectivity index (χ1v) is 7.72. The van der Waals surface area contributed by atoms with Crippen LogP contribution in [0.1, 0.15) is 59.3 Å². The van der Waals surface area contributed by atoms with Crippen LogP contribution in [0.15, 0.2) is 12.7 Å². The van der Waals surface area contributed by atoms with Gasteiger partial charge in [-0.3, -0.25) is 4.84 Å². The molecule has 0 aromatic rings. The SMILES string of the molecule is C=C[C@H]1C[C@@H](C2CCCCC2)ON1C(=O)OC(C)(C)C. The quantitative estimate of drug-likeness (QED) is 0.716. The van der Waals surface area contributed by atoms with Gasteiger partial charge in [0, 0.05) is 6.42 Å². The van der Waals surface area contributed by atoms with Crippen molar-refractivity contribution in [3.63, 3.8) is 0 Å². The smallest absolute Gasteiger partial charge is 0.435 e. The first-order valence-electron chi connectivity index (χ1n) is 7.72. The number of hydroxylamine groups is 2. The zero-order valence-electron chi connectivity index (χ0n) is 12.9. The molecular formula is C16H27NO3. The lowest BCUT2D eigenvalue weighted by Gasteiger charge is -2.28. The normalized spacial score (nSPS) is 28.4. The summed E-state index contributed by atoms with van der Waals surface area (Å²) in [6, 6.07) is -0.0724. The first-order chi connectivity index (χ1) is 9.40. The van der Waals surface area contributed by atoms with E-state index in [2.05, 4.69) is 6.58 Å². The Morgan fingerprint density at radius 2 is 1.95 bits per heavy atom. The third-order valence-corrected chi connectivity index (χ3v) is 4.05. The number of hydrogen-bond acceptors (Lipinski definition) is 3. The first kappa shape index (κ1) is 15.4. The number of hydrogen-bond donors (Lipinski definition) is 0. The Bertz CT molecular complexity index is 355. The molecule has 0 spiro atoms. The summed E-state index contributed by atoms with van der Waals surface area (Å²) in [5, 5.41) is 1.39. The molecule has 1 amide bonds. The molecule has 1 aliphatic carbocycles. The van der Waals surface area contributed by atoms with E-state index in [1.54, 1.807) is 6.08 Å². The van der Waals surface area contributed by atoms with Crippen molar-refractivity contribution >= 4 is 6.09 Å². The maximum Gasteiger partial charge on any atom is 0.435 e. The second kappa shape index (κ2) is 6.17. The van der Waals surface area contributed by atoms with Crippen molar-refractivity contribution in [3.05, 3.63) is 12.7 Å². The standard InChI is InChI=1S/C16H27NO3/c1-5-13-11-14(12-9-7-6-8-10-12)20-17(13)15(18)19-16(2,3)4/h5,12-14H,1,6-11H2,2-4H3/t13-,14-/m0/s1. The minimum atomic E-state index is -0.505. The molecule has 2 aliphatic rings. The van der Waals surface area contributed by atoms with Gasteiger partial charge >= 0.3 is 6.09 Å². The molecule has 0 radical (unpaired) electrons. The van der Waals surface area contributed by atoms with Crippen LogP contribution in [0, 0.1) is 5.92 Å². The number of rotatable bonds is 2. The summed E-state index contributed by atoms with van der Waals surface area (Å²) in [5.41, 5.74) is -0.505. The monoisotopic (exact) mass is 281 g/mol. The Balaban J connectivity index is 1.98.